The van der Waals surface area contributed by atoms with Crippen molar-refractivity contribution in [2.45, 2.75) is 32.4 Å². The normalized spacial score (nSPS) is 27.7. The zero-order chi connectivity index (χ0) is 11.4. The monoisotopic (exact) mass is 230 g/mol. The van der Waals surface area contributed by atoms with E-state index in [1.54, 1.807) is 11.8 Å². The number of rotatable bonds is 4. The van der Waals surface area contributed by atoms with Gasteiger partial charge in [0.1, 0.15) is 0 Å². The van der Waals surface area contributed by atoms with Crippen molar-refractivity contribution < 1.29 is 4.79 Å². The molecule has 88 valence electrons. The lowest BCUT2D eigenvalue weighted by atomic mass is 10.0. The van der Waals surface area contributed by atoms with Gasteiger partial charge in [-0.05, 0) is 32.1 Å². The molecule has 3 nitrogen and oxygen atoms in total. The Morgan fingerprint density at radius 2 is 2.33 bits per heavy atom. The molecule has 0 saturated carbocycles. The predicted octanol–water partition coefficient (Wildman–Crippen LogP) is 1.19. The van der Waals surface area contributed by atoms with Crippen LogP contribution in [0.2, 0.25) is 0 Å². The Kier molecular flexibility index (Phi) is 4.93. The molecule has 3 unspecified atom stereocenters. The number of amides is 1. The van der Waals surface area contributed by atoms with Gasteiger partial charge in [0, 0.05) is 18.8 Å². The average molecular weight is 230 g/mol. The van der Waals surface area contributed by atoms with E-state index in [4.69, 9.17) is 0 Å². The molecule has 15 heavy (non-hydrogen) atoms. The minimum Gasteiger partial charge on any atom is -0.341 e. The smallest absolute Gasteiger partial charge is 0.239 e. The summed E-state index contributed by atoms with van der Waals surface area (Å²) in [4.78, 5) is 14.0. The topological polar surface area (TPSA) is 32.3 Å². The number of nitrogens with zero attached hydrogens (tertiary/aromatic N) is 1. The zero-order valence-corrected chi connectivity index (χ0v) is 10.9. The molecule has 1 rings (SSSR count). The van der Waals surface area contributed by atoms with Crippen molar-refractivity contribution in [1.82, 2.24) is 10.2 Å². The largest absolute Gasteiger partial charge is 0.341 e. The van der Waals surface area contributed by atoms with E-state index in [1.165, 1.54) is 0 Å². The molecule has 0 aromatic carbocycles. The third-order valence-corrected chi connectivity index (χ3v) is 4.03. The van der Waals surface area contributed by atoms with E-state index in [-0.39, 0.29) is 11.9 Å². The lowest BCUT2D eigenvalue weighted by Gasteiger charge is -2.28. The standard InChI is InChI=1S/C11H22N2OS/c1-8-5-6-12-10(8)11(14)13(3)9(2)7-15-4/h8-10,12H,5-7H2,1-4H3. The number of hydrogen-bond acceptors (Lipinski definition) is 3. The van der Waals surface area contributed by atoms with Gasteiger partial charge < -0.3 is 10.2 Å². The molecular weight excluding hydrogens is 208 g/mol. The molecular formula is C11H22N2OS. The first-order chi connectivity index (χ1) is 7.07. The van der Waals surface area contributed by atoms with Crippen molar-refractivity contribution in [3.63, 3.8) is 0 Å². The van der Waals surface area contributed by atoms with E-state index < -0.39 is 0 Å². The summed E-state index contributed by atoms with van der Waals surface area (Å²) in [5, 5.41) is 3.29. The van der Waals surface area contributed by atoms with Crippen LogP contribution >= 0.6 is 11.8 Å². The second kappa shape index (κ2) is 5.75. The lowest BCUT2D eigenvalue weighted by Crippen LogP contribution is -2.48. The van der Waals surface area contributed by atoms with Crippen LogP contribution in [0.5, 0.6) is 0 Å². The summed E-state index contributed by atoms with van der Waals surface area (Å²) in [5.41, 5.74) is 0. The van der Waals surface area contributed by atoms with Crippen molar-refractivity contribution in [1.29, 1.82) is 0 Å². The van der Waals surface area contributed by atoms with Crippen LogP contribution in [0.15, 0.2) is 0 Å². The van der Waals surface area contributed by atoms with Gasteiger partial charge in [0.2, 0.25) is 5.91 Å². The number of likely N-dealkylation sites (N-methyl/N-ethyl adjacent to an activating group) is 1. The van der Waals surface area contributed by atoms with E-state index >= 15 is 0 Å². The maximum atomic E-state index is 12.1. The Morgan fingerprint density at radius 1 is 1.67 bits per heavy atom. The average Bonchev–Trinajstić information content (AvgIpc) is 2.62. The molecule has 1 aliphatic heterocycles. The first-order valence-corrected chi connectivity index (χ1v) is 6.96. The Bertz CT molecular complexity index is 223. The summed E-state index contributed by atoms with van der Waals surface area (Å²) in [6.07, 6.45) is 3.19. The third kappa shape index (κ3) is 3.11. The fourth-order valence-electron chi connectivity index (χ4n) is 1.95. The third-order valence-electron chi connectivity index (χ3n) is 3.22. The van der Waals surface area contributed by atoms with Gasteiger partial charge in [-0.2, -0.15) is 11.8 Å². The highest BCUT2D eigenvalue weighted by molar-refractivity contribution is 7.98. The van der Waals surface area contributed by atoms with Crippen molar-refractivity contribution in [3.05, 3.63) is 0 Å². The molecule has 1 N–H and O–H groups in total. The van der Waals surface area contributed by atoms with Crippen molar-refractivity contribution in [3.8, 4) is 0 Å². The number of hydrogen-bond donors (Lipinski definition) is 1. The van der Waals surface area contributed by atoms with Crippen LogP contribution in [0.4, 0.5) is 0 Å². The molecule has 1 aliphatic rings. The molecule has 3 atom stereocenters. The number of carbonyl (C=O) groups is 1. The fraction of sp³-hybridized carbons (Fsp3) is 0.909. The number of carbonyl (C=O) groups excluding carboxylic acids is 1. The maximum absolute atomic E-state index is 12.1. The van der Waals surface area contributed by atoms with E-state index in [2.05, 4.69) is 25.4 Å². The highest BCUT2D eigenvalue weighted by Gasteiger charge is 2.32. The first-order valence-electron chi connectivity index (χ1n) is 5.57. The van der Waals surface area contributed by atoms with E-state index in [1.807, 2.05) is 11.9 Å². The van der Waals surface area contributed by atoms with Crippen LogP contribution in [0.1, 0.15) is 20.3 Å². The molecule has 0 bridgehead atoms. The van der Waals surface area contributed by atoms with E-state index in [0.29, 0.717) is 12.0 Å². The Balaban J connectivity index is 2.51. The summed E-state index contributed by atoms with van der Waals surface area (Å²) >= 11 is 1.78. The maximum Gasteiger partial charge on any atom is 0.239 e. The van der Waals surface area contributed by atoms with Crippen LogP contribution in [0.25, 0.3) is 0 Å². The highest BCUT2D eigenvalue weighted by atomic mass is 32.2. The summed E-state index contributed by atoms with van der Waals surface area (Å²) in [5.74, 6) is 1.73. The van der Waals surface area contributed by atoms with Gasteiger partial charge in [0.05, 0.1) is 6.04 Å². The van der Waals surface area contributed by atoms with Gasteiger partial charge in [-0.25, -0.2) is 0 Å². The predicted molar refractivity (Wildman–Crippen MR) is 66.2 cm³/mol. The molecule has 1 heterocycles. The SMILES string of the molecule is CSCC(C)N(C)C(=O)C1NCCC1C. The van der Waals surface area contributed by atoms with Crippen LogP contribution in [0, 0.1) is 5.92 Å². The summed E-state index contributed by atoms with van der Waals surface area (Å²) in [6, 6.07) is 0.362. The molecule has 1 fully saturated rings. The van der Waals surface area contributed by atoms with Crippen LogP contribution in [-0.2, 0) is 4.79 Å². The summed E-state index contributed by atoms with van der Waals surface area (Å²) < 4.78 is 0. The van der Waals surface area contributed by atoms with Crippen molar-refractivity contribution >= 4 is 17.7 Å². The minimum absolute atomic E-state index is 0.0410. The highest BCUT2D eigenvalue weighted by Crippen LogP contribution is 2.17. The summed E-state index contributed by atoms with van der Waals surface area (Å²) in [6.45, 7) is 5.23. The summed E-state index contributed by atoms with van der Waals surface area (Å²) in [7, 11) is 1.91. The lowest BCUT2D eigenvalue weighted by molar-refractivity contribution is -0.134. The molecule has 4 heteroatoms. The van der Waals surface area contributed by atoms with Crippen LogP contribution < -0.4 is 5.32 Å². The van der Waals surface area contributed by atoms with Gasteiger partial charge in [-0.15, -0.1) is 0 Å². The quantitative estimate of drug-likeness (QED) is 0.787. The zero-order valence-electron chi connectivity index (χ0n) is 10.1. The van der Waals surface area contributed by atoms with Gasteiger partial charge in [0.15, 0.2) is 0 Å². The molecule has 0 aromatic rings. The Hall–Kier alpha value is -0.220. The van der Waals surface area contributed by atoms with Gasteiger partial charge >= 0.3 is 0 Å². The van der Waals surface area contributed by atoms with Crippen molar-refractivity contribution in [2.24, 2.45) is 5.92 Å². The van der Waals surface area contributed by atoms with Crippen molar-refractivity contribution in [2.75, 3.05) is 25.6 Å². The van der Waals surface area contributed by atoms with Gasteiger partial charge in [-0.3, -0.25) is 4.79 Å². The van der Waals surface area contributed by atoms with Crippen LogP contribution in [0.3, 0.4) is 0 Å². The molecule has 0 radical (unpaired) electrons. The Morgan fingerprint density at radius 3 is 2.80 bits per heavy atom. The first kappa shape index (κ1) is 12.8. The van der Waals surface area contributed by atoms with Gasteiger partial charge in [-0.1, -0.05) is 6.92 Å². The molecule has 0 spiro atoms. The fourth-order valence-corrected chi connectivity index (χ4v) is 2.66. The molecule has 0 aliphatic carbocycles. The van der Waals surface area contributed by atoms with E-state index in [9.17, 15) is 4.79 Å². The van der Waals surface area contributed by atoms with Crippen LogP contribution in [-0.4, -0.2) is 48.5 Å². The van der Waals surface area contributed by atoms with Gasteiger partial charge in [0.25, 0.3) is 0 Å². The number of thioether (sulfide) groups is 1. The molecule has 1 saturated heterocycles. The van der Waals surface area contributed by atoms with E-state index in [0.717, 1.165) is 18.7 Å². The molecule has 0 aromatic heterocycles. The number of nitrogens with one attached hydrogen (secondary N) is 1. The Labute approximate surface area is 97.0 Å². The second-order valence-electron chi connectivity index (χ2n) is 4.45. The minimum atomic E-state index is 0.0410. The second-order valence-corrected chi connectivity index (χ2v) is 5.36. The molecule has 1 amide bonds.